The molecule has 1 aromatic carbocycles. The van der Waals surface area contributed by atoms with Gasteiger partial charge in [-0.1, -0.05) is 29.8 Å². The van der Waals surface area contributed by atoms with Gasteiger partial charge >= 0.3 is 0 Å². The SMILES string of the molecule is Oc1c(Cl)ccc(C2=CC=CCC2)c1O. The summed E-state index contributed by atoms with van der Waals surface area (Å²) in [6.07, 6.45) is 7.77. The average molecular weight is 223 g/mol. The molecule has 2 nitrogen and oxygen atoms in total. The lowest BCUT2D eigenvalue weighted by Gasteiger charge is -2.12. The molecule has 0 fully saturated rings. The maximum absolute atomic E-state index is 9.73. The summed E-state index contributed by atoms with van der Waals surface area (Å²) in [5, 5.41) is 19.4. The number of benzene rings is 1. The zero-order valence-corrected chi connectivity index (χ0v) is 8.83. The Balaban J connectivity index is 2.49. The van der Waals surface area contributed by atoms with Gasteiger partial charge in [0.15, 0.2) is 11.5 Å². The molecule has 78 valence electrons. The van der Waals surface area contributed by atoms with Crippen molar-refractivity contribution in [3.63, 3.8) is 0 Å². The van der Waals surface area contributed by atoms with E-state index in [-0.39, 0.29) is 16.5 Å². The molecule has 2 rings (SSSR count). The predicted octanol–water partition coefficient (Wildman–Crippen LogP) is 3.48. The topological polar surface area (TPSA) is 40.5 Å². The molecular formula is C12H11ClO2. The average Bonchev–Trinajstić information content (AvgIpc) is 2.27. The van der Waals surface area contributed by atoms with Crippen LogP contribution in [0.15, 0.2) is 30.4 Å². The molecule has 1 aliphatic carbocycles. The number of aromatic hydroxyl groups is 2. The molecule has 2 N–H and O–H groups in total. The zero-order valence-electron chi connectivity index (χ0n) is 8.07. The lowest BCUT2D eigenvalue weighted by Crippen LogP contribution is -1.89. The number of halogens is 1. The fourth-order valence-corrected chi connectivity index (χ4v) is 1.79. The molecule has 0 atom stereocenters. The van der Waals surface area contributed by atoms with Crippen LogP contribution >= 0.6 is 11.6 Å². The van der Waals surface area contributed by atoms with Crippen molar-refractivity contribution in [3.8, 4) is 11.5 Å². The molecule has 0 aromatic heterocycles. The highest BCUT2D eigenvalue weighted by Gasteiger charge is 2.13. The normalized spacial score (nSPS) is 15.1. The van der Waals surface area contributed by atoms with Crippen LogP contribution in [0.2, 0.25) is 5.02 Å². The number of hydrogen-bond donors (Lipinski definition) is 2. The van der Waals surface area contributed by atoms with E-state index in [4.69, 9.17) is 11.6 Å². The minimum absolute atomic E-state index is 0.135. The number of phenols is 2. The van der Waals surface area contributed by atoms with Crippen LogP contribution in [-0.4, -0.2) is 10.2 Å². The Labute approximate surface area is 93.1 Å². The van der Waals surface area contributed by atoms with E-state index in [0.717, 1.165) is 18.4 Å². The van der Waals surface area contributed by atoms with Gasteiger partial charge in [0.1, 0.15) is 0 Å². The van der Waals surface area contributed by atoms with Gasteiger partial charge in [-0.05, 0) is 30.5 Å². The first kappa shape index (κ1) is 10.1. The quantitative estimate of drug-likeness (QED) is 0.715. The first-order valence-electron chi connectivity index (χ1n) is 4.76. The van der Waals surface area contributed by atoms with Gasteiger partial charge in [0, 0.05) is 5.56 Å². The Morgan fingerprint density at radius 2 is 1.93 bits per heavy atom. The van der Waals surface area contributed by atoms with E-state index < -0.39 is 0 Å². The molecule has 0 amide bonds. The van der Waals surface area contributed by atoms with E-state index in [2.05, 4.69) is 6.08 Å². The second-order valence-electron chi connectivity index (χ2n) is 3.45. The molecule has 0 aliphatic heterocycles. The Hall–Kier alpha value is -1.41. The molecule has 0 spiro atoms. The standard InChI is InChI=1S/C12H11ClO2/c13-10-7-6-9(11(14)12(10)15)8-4-2-1-3-5-8/h1-2,4,6-7,14-15H,3,5H2. The number of allylic oxidation sites excluding steroid dienone is 4. The van der Waals surface area contributed by atoms with Crippen LogP contribution in [0.5, 0.6) is 11.5 Å². The molecule has 0 unspecified atom stereocenters. The lowest BCUT2D eigenvalue weighted by atomic mass is 9.96. The van der Waals surface area contributed by atoms with Gasteiger partial charge in [0.25, 0.3) is 0 Å². The monoisotopic (exact) mass is 222 g/mol. The van der Waals surface area contributed by atoms with Gasteiger partial charge in [0.05, 0.1) is 5.02 Å². The summed E-state index contributed by atoms with van der Waals surface area (Å²) in [6, 6.07) is 3.31. The van der Waals surface area contributed by atoms with Gasteiger partial charge in [-0.2, -0.15) is 0 Å². The molecule has 3 heteroatoms. The smallest absolute Gasteiger partial charge is 0.177 e. The minimum atomic E-state index is -0.246. The maximum Gasteiger partial charge on any atom is 0.177 e. The first-order chi connectivity index (χ1) is 7.20. The van der Waals surface area contributed by atoms with E-state index in [0.29, 0.717) is 5.56 Å². The summed E-state index contributed by atoms with van der Waals surface area (Å²) in [4.78, 5) is 0. The van der Waals surface area contributed by atoms with Crippen LogP contribution in [0.3, 0.4) is 0 Å². The Morgan fingerprint density at radius 3 is 2.60 bits per heavy atom. The Bertz CT molecular complexity index is 447. The maximum atomic E-state index is 9.73. The van der Waals surface area contributed by atoms with Crippen molar-refractivity contribution < 1.29 is 10.2 Å². The van der Waals surface area contributed by atoms with Crippen molar-refractivity contribution in [2.75, 3.05) is 0 Å². The summed E-state index contributed by atoms with van der Waals surface area (Å²) in [5.41, 5.74) is 1.67. The summed E-state index contributed by atoms with van der Waals surface area (Å²) in [5.74, 6) is -0.381. The third-order valence-electron chi connectivity index (χ3n) is 2.46. The summed E-state index contributed by atoms with van der Waals surface area (Å²) in [6.45, 7) is 0. The van der Waals surface area contributed by atoms with Crippen molar-refractivity contribution in [3.05, 3.63) is 40.9 Å². The van der Waals surface area contributed by atoms with E-state index in [1.165, 1.54) is 0 Å². The number of rotatable bonds is 1. The Morgan fingerprint density at radius 1 is 1.13 bits per heavy atom. The van der Waals surface area contributed by atoms with Crippen molar-refractivity contribution in [2.45, 2.75) is 12.8 Å². The second kappa shape index (κ2) is 3.99. The molecular weight excluding hydrogens is 212 g/mol. The summed E-state index contributed by atoms with van der Waals surface area (Å²) in [7, 11) is 0. The molecule has 1 aromatic rings. The lowest BCUT2D eigenvalue weighted by molar-refractivity contribution is 0.402. The van der Waals surface area contributed by atoms with Gasteiger partial charge < -0.3 is 10.2 Å². The van der Waals surface area contributed by atoms with Crippen LogP contribution in [-0.2, 0) is 0 Å². The van der Waals surface area contributed by atoms with Crippen LogP contribution in [0.4, 0.5) is 0 Å². The fraction of sp³-hybridized carbons (Fsp3) is 0.167. The third kappa shape index (κ3) is 1.85. The summed E-state index contributed by atoms with van der Waals surface area (Å²) >= 11 is 5.68. The fourth-order valence-electron chi connectivity index (χ4n) is 1.64. The Kier molecular flexibility index (Phi) is 2.69. The number of hydrogen-bond acceptors (Lipinski definition) is 2. The van der Waals surface area contributed by atoms with Crippen molar-refractivity contribution in [1.82, 2.24) is 0 Å². The highest BCUT2D eigenvalue weighted by molar-refractivity contribution is 6.32. The van der Waals surface area contributed by atoms with E-state index >= 15 is 0 Å². The van der Waals surface area contributed by atoms with E-state index in [9.17, 15) is 10.2 Å². The van der Waals surface area contributed by atoms with Crippen molar-refractivity contribution in [1.29, 1.82) is 0 Å². The van der Waals surface area contributed by atoms with Crippen LogP contribution in [0, 0.1) is 0 Å². The van der Waals surface area contributed by atoms with Gasteiger partial charge in [0.2, 0.25) is 0 Å². The summed E-state index contributed by atoms with van der Waals surface area (Å²) < 4.78 is 0. The van der Waals surface area contributed by atoms with Crippen LogP contribution in [0.1, 0.15) is 18.4 Å². The first-order valence-corrected chi connectivity index (χ1v) is 5.14. The molecule has 0 radical (unpaired) electrons. The molecule has 15 heavy (non-hydrogen) atoms. The molecule has 0 saturated heterocycles. The minimum Gasteiger partial charge on any atom is -0.504 e. The highest BCUT2D eigenvalue weighted by Crippen LogP contribution is 2.40. The van der Waals surface area contributed by atoms with Crippen molar-refractivity contribution >= 4 is 17.2 Å². The predicted molar refractivity (Wildman–Crippen MR) is 61.1 cm³/mol. The van der Waals surface area contributed by atoms with E-state index in [1.54, 1.807) is 12.1 Å². The third-order valence-corrected chi connectivity index (χ3v) is 2.77. The molecule has 1 aliphatic rings. The zero-order chi connectivity index (χ0) is 10.8. The molecule has 0 heterocycles. The number of phenolic OH excluding ortho intramolecular Hbond substituents is 2. The highest BCUT2D eigenvalue weighted by atomic mass is 35.5. The largest absolute Gasteiger partial charge is 0.504 e. The molecule has 0 bridgehead atoms. The van der Waals surface area contributed by atoms with Crippen LogP contribution in [0.25, 0.3) is 5.57 Å². The van der Waals surface area contributed by atoms with Crippen molar-refractivity contribution in [2.24, 2.45) is 0 Å². The molecule has 0 saturated carbocycles. The van der Waals surface area contributed by atoms with Gasteiger partial charge in [-0.25, -0.2) is 0 Å². The second-order valence-corrected chi connectivity index (χ2v) is 3.86. The van der Waals surface area contributed by atoms with Crippen LogP contribution < -0.4 is 0 Å². The van der Waals surface area contributed by atoms with E-state index in [1.807, 2.05) is 12.2 Å². The van der Waals surface area contributed by atoms with Gasteiger partial charge in [-0.3, -0.25) is 0 Å². The van der Waals surface area contributed by atoms with Gasteiger partial charge in [-0.15, -0.1) is 0 Å².